The number of aliphatic hydroxyl groups is 1. The molecule has 0 bridgehead atoms. The van der Waals surface area contributed by atoms with Crippen LogP contribution < -0.4 is 0 Å². The number of rotatable bonds is 2. The summed E-state index contributed by atoms with van der Waals surface area (Å²) in [7, 11) is 0. The minimum atomic E-state index is -0.806. The number of urea groups is 1. The van der Waals surface area contributed by atoms with Crippen LogP contribution in [0.5, 0.6) is 0 Å². The van der Waals surface area contributed by atoms with Gasteiger partial charge in [-0.25, -0.2) is 4.79 Å². The fraction of sp³-hybridized carbons (Fsp3) is 0.867. The summed E-state index contributed by atoms with van der Waals surface area (Å²) in [6.07, 6.45) is 3.12. The van der Waals surface area contributed by atoms with Crippen LogP contribution in [-0.4, -0.2) is 63.8 Å². The zero-order valence-electron chi connectivity index (χ0n) is 13.0. The van der Waals surface area contributed by atoms with Gasteiger partial charge in [0, 0.05) is 26.2 Å². The summed E-state index contributed by atoms with van der Waals surface area (Å²) in [6, 6.07) is -0.0794. The fourth-order valence-electron chi connectivity index (χ4n) is 3.30. The first-order chi connectivity index (χ1) is 9.80. The maximum atomic E-state index is 12.6. The van der Waals surface area contributed by atoms with Crippen molar-refractivity contribution in [1.29, 1.82) is 0 Å². The molecule has 0 aromatic carbocycles. The van der Waals surface area contributed by atoms with E-state index in [0.29, 0.717) is 51.9 Å². The van der Waals surface area contributed by atoms with Crippen LogP contribution in [0.4, 0.5) is 4.79 Å². The van der Waals surface area contributed by atoms with Crippen LogP contribution in [-0.2, 0) is 4.79 Å². The number of amides is 2. The van der Waals surface area contributed by atoms with Crippen molar-refractivity contribution in [1.82, 2.24) is 9.80 Å². The second-order valence-corrected chi connectivity index (χ2v) is 6.73. The highest BCUT2D eigenvalue weighted by atomic mass is 16.4. The molecule has 2 saturated heterocycles. The summed E-state index contributed by atoms with van der Waals surface area (Å²) < 4.78 is 0. The highest BCUT2D eigenvalue weighted by Gasteiger charge is 2.45. The van der Waals surface area contributed by atoms with Gasteiger partial charge < -0.3 is 20.0 Å². The van der Waals surface area contributed by atoms with E-state index in [1.165, 1.54) is 0 Å². The van der Waals surface area contributed by atoms with Crippen LogP contribution in [0.2, 0.25) is 0 Å². The molecule has 0 radical (unpaired) electrons. The van der Waals surface area contributed by atoms with Crippen molar-refractivity contribution >= 4 is 12.0 Å². The van der Waals surface area contributed by atoms with Crippen LogP contribution in [0, 0.1) is 5.41 Å². The molecule has 21 heavy (non-hydrogen) atoms. The average Bonchev–Trinajstić information content (AvgIpc) is 2.79. The third-order valence-electron chi connectivity index (χ3n) is 5.09. The van der Waals surface area contributed by atoms with Crippen molar-refractivity contribution in [2.45, 2.75) is 51.6 Å². The molecule has 2 fully saturated rings. The van der Waals surface area contributed by atoms with Gasteiger partial charge in [-0.2, -0.15) is 0 Å². The van der Waals surface area contributed by atoms with E-state index in [1.807, 2.05) is 13.8 Å². The molecule has 0 saturated carbocycles. The highest BCUT2D eigenvalue weighted by Crippen LogP contribution is 2.35. The Hall–Kier alpha value is -1.30. The molecular weight excluding hydrogens is 272 g/mol. The van der Waals surface area contributed by atoms with Crippen molar-refractivity contribution in [2.75, 3.05) is 26.2 Å². The number of hydrogen-bond acceptors (Lipinski definition) is 3. The zero-order valence-corrected chi connectivity index (χ0v) is 13.0. The molecule has 2 N–H and O–H groups in total. The third kappa shape index (κ3) is 3.31. The summed E-state index contributed by atoms with van der Waals surface area (Å²) in [5.74, 6) is -0.806. The minimum absolute atomic E-state index is 0.0794. The highest BCUT2D eigenvalue weighted by molar-refractivity contribution is 5.79. The van der Waals surface area contributed by atoms with Crippen molar-refractivity contribution in [3.8, 4) is 0 Å². The topological polar surface area (TPSA) is 81.1 Å². The van der Waals surface area contributed by atoms with Crippen LogP contribution in [0.15, 0.2) is 0 Å². The van der Waals surface area contributed by atoms with Crippen molar-refractivity contribution in [2.24, 2.45) is 5.41 Å². The fourth-order valence-corrected chi connectivity index (χ4v) is 3.30. The Labute approximate surface area is 125 Å². The number of carbonyl (C=O) groups excluding carboxylic acids is 1. The molecule has 2 amide bonds. The first kappa shape index (κ1) is 16.1. The summed E-state index contributed by atoms with van der Waals surface area (Å²) in [4.78, 5) is 27.4. The molecular formula is C15H26N2O4. The molecule has 6 nitrogen and oxygen atoms in total. The number of aliphatic carboxylic acids is 1. The van der Waals surface area contributed by atoms with Gasteiger partial charge >= 0.3 is 12.0 Å². The normalized spacial score (nSPS) is 33.9. The molecule has 2 aliphatic rings. The van der Waals surface area contributed by atoms with E-state index in [0.717, 1.165) is 6.42 Å². The third-order valence-corrected chi connectivity index (χ3v) is 5.09. The predicted octanol–water partition coefficient (Wildman–Crippen LogP) is 1.53. The van der Waals surface area contributed by atoms with Gasteiger partial charge in [-0.1, -0.05) is 6.92 Å². The number of likely N-dealkylation sites (tertiary alicyclic amines) is 2. The van der Waals surface area contributed by atoms with Gasteiger partial charge in [0.1, 0.15) is 0 Å². The second-order valence-electron chi connectivity index (χ2n) is 6.73. The number of hydrogen-bond donors (Lipinski definition) is 2. The van der Waals surface area contributed by atoms with Crippen LogP contribution in [0.25, 0.3) is 0 Å². The van der Waals surface area contributed by atoms with Crippen molar-refractivity contribution in [3.63, 3.8) is 0 Å². The van der Waals surface area contributed by atoms with Crippen molar-refractivity contribution in [3.05, 3.63) is 0 Å². The minimum Gasteiger partial charge on any atom is -0.481 e. The van der Waals surface area contributed by atoms with Gasteiger partial charge in [0.25, 0.3) is 0 Å². The number of carboxylic acids is 1. The molecule has 2 rings (SSSR count). The standard InChI is InChI=1S/C15H26N2O4/c1-3-15(12(18)19)7-10-17(11-15)13(20)16-8-4-5-14(2,21)6-9-16/h21H,3-11H2,1-2H3,(H,18,19). The van der Waals surface area contributed by atoms with Gasteiger partial charge in [0.15, 0.2) is 0 Å². The molecule has 2 heterocycles. The van der Waals surface area contributed by atoms with E-state index in [4.69, 9.17) is 0 Å². The molecule has 2 unspecified atom stereocenters. The van der Waals surface area contributed by atoms with E-state index >= 15 is 0 Å². The molecule has 2 atom stereocenters. The molecule has 2 aliphatic heterocycles. The Kier molecular flexibility index (Phi) is 4.46. The molecule has 120 valence electrons. The van der Waals surface area contributed by atoms with E-state index < -0.39 is 17.0 Å². The van der Waals surface area contributed by atoms with Gasteiger partial charge in [-0.3, -0.25) is 4.79 Å². The van der Waals surface area contributed by atoms with Crippen LogP contribution in [0.1, 0.15) is 46.0 Å². The van der Waals surface area contributed by atoms with Gasteiger partial charge in [0.2, 0.25) is 0 Å². The molecule has 0 spiro atoms. The van der Waals surface area contributed by atoms with E-state index in [-0.39, 0.29) is 6.03 Å². The summed E-state index contributed by atoms with van der Waals surface area (Å²) in [5.41, 5.74) is -1.48. The van der Waals surface area contributed by atoms with Crippen LogP contribution in [0.3, 0.4) is 0 Å². The maximum Gasteiger partial charge on any atom is 0.320 e. The number of nitrogens with zero attached hydrogens (tertiary/aromatic N) is 2. The zero-order chi connectivity index (χ0) is 15.7. The quantitative estimate of drug-likeness (QED) is 0.810. The van der Waals surface area contributed by atoms with E-state index in [9.17, 15) is 19.8 Å². The summed E-state index contributed by atoms with van der Waals surface area (Å²) >= 11 is 0. The SMILES string of the molecule is CCC1(C(=O)O)CCN(C(=O)N2CCCC(C)(O)CC2)C1. The first-order valence-electron chi connectivity index (χ1n) is 7.79. The largest absolute Gasteiger partial charge is 0.481 e. The molecule has 0 aromatic rings. The van der Waals surface area contributed by atoms with E-state index in [1.54, 1.807) is 9.80 Å². The van der Waals surface area contributed by atoms with Crippen molar-refractivity contribution < 1.29 is 19.8 Å². The Morgan fingerprint density at radius 3 is 2.33 bits per heavy atom. The molecule has 0 aliphatic carbocycles. The molecule has 0 aromatic heterocycles. The molecule has 6 heteroatoms. The smallest absolute Gasteiger partial charge is 0.320 e. The second kappa shape index (κ2) is 5.83. The maximum absolute atomic E-state index is 12.6. The van der Waals surface area contributed by atoms with Crippen LogP contribution >= 0.6 is 0 Å². The number of carbonyl (C=O) groups is 2. The van der Waals surface area contributed by atoms with Gasteiger partial charge in [0.05, 0.1) is 11.0 Å². The lowest BCUT2D eigenvalue weighted by Crippen LogP contribution is -2.44. The lowest BCUT2D eigenvalue weighted by Gasteiger charge is -2.29. The monoisotopic (exact) mass is 298 g/mol. The summed E-state index contributed by atoms with van der Waals surface area (Å²) in [5, 5.41) is 19.5. The number of carboxylic acid groups (broad SMARTS) is 1. The predicted molar refractivity (Wildman–Crippen MR) is 78.0 cm³/mol. The first-order valence-corrected chi connectivity index (χ1v) is 7.79. The Morgan fingerprint density at radius 2 is 1.76 bits per heavy atom. The Morgan fingerprint density at radius 1 is 1.10 bits per heavy atom. The van der Waals surface area contributed by atoms with Gasteiger partial charge in [-0.05, 0) is 39.0 Å². The summed E-state index contributed by atoms with van der Waals surface area (Å²) in [6.45, 7) is 5.65. The van der Waals surface area contributed by atoms with Gasteiger partial charge in [-0.15, -0.1) is 0 Å². The Bertz CT molecular complexity index is 424. The Balaban J connectivity index is 2.00. The lowest BCUT2D eigenvalue weighted by molar-refractivity contribution is -0.148. The van der Waals surface area contributed by atoms with E-state index in [2.05, 4.69) is 0 Å². The lowest BCUT2D eigenvalue weighted by atomic mass is 9.84. The average molecular weight is 298 g/mol.